The fourth-order valence-corrected chi connectivity index (χ4v) is 3.82. The minimum Gasteiger partial charge on any atom is -0.496 e. The summed E-state index contributed by atoms with van der Waals surface area (Å²) in [5.41, 5.74) is 1.50. The monoisotopic (exact) mass is 407 g/mol. The smallest absolute Gasteiger partial charge is 0.291 e. The van der Waals surface area contributed by atoms with Gasteiger partial charge < -0.3 is 9.47 Å². The minimum atomic E-state index is -0.186. The largest absolute Gasteiger partial charge is 0.496 e. The van der Waals surface area contributed by atoms with Gasteiger partial charge in [-0.15, -0.1) is 5.10 Å². The van der Waals surface area contributed by atoms with Crippen LogP contribution in [0, 0.1) is 0 Å². The molecular weight excluding hydrogens is 386 g/mol. The number of rotatable bonds is 7. The lowest BCUT2D eigenvalue weighted by molar-refractivity contribution is 0.309. The van der Waals surface area contributed by atoms with Crippen LogP contribution in [0.5, 0.6) is 11.5 Å². The van der Waals surface area contributed by atoms with Gasteiger partial charge in [0, 0.05) is 11.1 Å². The maximum atomic E-state index is 12.8. The van der Waals surface area contributed by atoms with Crippen molar-refractivity contribution in [1.82, 2.24) is 14.6 Å². The predicted molar refractivity (Wildman–Crippen MR) is 115 cm³/mol. The van der Waals surface area contributed by atoms with Gasteiger partial charge in [0.1, 0.15) is 11.5 Å². The zero-order chi connectivity index (χ0) is 20.2. The number of fused-ring (bicyclic) bond motifs is 1. The van der Waals surface area contributed by atoms with Crippen LogP contribution in [0.25, 0.3) is 22.4 Å². The Morgan fingerprint density at radius 1 is 1.14 bits per heavy atom. The van der Waals surface area contributed by atoms with Gasteiger partial charge in [-0.05, 0) is 42.8 Å². The van der Waals surface area contributed by atoms with E-state index in [0.29, 0.717) is 27.7 Å². The van der Waals surface area contributed by atoms with Crippen molar-refractivity contribution in [2.75, 3.05) is 13.7 Å². The van der Waals surface area contributed by atoms with Crippen LogP contribution in [-0.4, -0.2) is 28.3 Å². The SMILES string of the molecule is CCCCOc1ccc(-c2nc3sc(=Cc4ccccc4OC)c(=O)n3n2)cc1. The maximum Gasteiger partial charge on any atom is 0.291 e. The van der Waals surface area contributed by atoms with Gasteiger partial charge in [-0.3, -0.25) is 4.79 Å². The van der Waals surface area contributed by atoms with E-state index in [-0.39, 0.29) is 5.56 Å². The van der Waals surface area contributed by atoms with E-state index in [0.717, 1.165) is 29.7 Å². The molecule has 6 nitrogen and oxygen atoms in total. The summed E-state index contributed by atoms with van der Waals surface area (Å²) in [4.78, 5) is 17.9. The number of benzene rings is 2. The highest BCUT2D eigenvalue weighted by molar-refractivity contribution is 7.15. The molecule has 4 rings (SSSR count). The van der Waals surface area contributed by atoms with Crippen LogP contribution in [0.1, 0.15) is 25.3 Å². The molecule has 2 aromatic heterocycles. The van der Waals surface area contributed by atoms with Crippen LogP contribution >= 0.6 is 11.3 Å². The van der Waals surface area contributed by atoms with Crippen LogP contribution < -0.4 is 19.6 Å². The van der Waals surface area contributed by atoms with Crippen molar-refractivity contribution in [2.24, 2.45) is 0 Å². The molecule has 0 aliphatic carbocycles. The van der Waals surface area contributed by atoms with E-state index in [2.05, 4.69) is 17.0 Å². The molecule has 0 N–H and O–H groups in total. The summed E-state index contributed by atoms with van der Waals surface area (Å²) < 4.78 is 13.0. The Hall–Kier alpha value is -3.19. The van der Waals surface area contributed by atoms with Crippen LogP contribution in [0.2, 0.25) is 0 Å². The lowest BCUT2D eigenvalue weighted by atomic mass is 10.2. The standard InChI is InChI=1S/C22H21N3O3S/c1-3-4-13-28-17-11-9-15(10-12-17)20-23-22-25(24-20)21(26)19(29-22)14-16-7-5-6-8-18(16)27-2/h5-12,14H,3-4,13H2,1-2H3. The van der Waals surface area contributed by atoms with Gasteiger partial charge in [-0.1, -0.05) is 42.9 Å². The summed E-state index contributed by atoms with van der Waals surface area (Å²) in [6.45, 7) is 2.84. The van der Waals surface area contributed by atoms with E-state index in [4.69, 9.17) is 9.47 Å². The van der Waals surface area contributed by atoms with E-state index in [1.54, 1.807) is 7.11 Å². The molecule has 7 heteroatoms. The fraction of sp³-hybridized carbons (Fsp3) is 0.227. The van der Waals surface area contributed by atoms with Crippen LogP contribution in [-0.2, 0) is 0 Å². The molecule has 0 aliphatic heterocycles. The second-order valence-corrected chi connectivity index (χ2v) is 7.52. The van der Waals surface area contributed by atoms with Gasteiger partial charge in [0.25, 0.3) is 5.56 Å². The first-order valence-electron chi connectivity index (χ1n) is 9.47. The molecule has 148 valence electrons. The van der Waals surface area contributed by atoms with E-state index in [1.807, 2.05) is 54.6 Å². The third-order valence-corrected chi connectivity index (χ3v) is 5.45. The lowest BCUT2D eigenvalue weighted by Crippen LogP contribution is -2.23. The molecule has 0 unspecified atom stereocenters. The van der Waals surface area contributed by atoms with E-state index >= 15 is 0 Å². The number of unbranched alkanes of at least 4 members (excludes halogenated alkanes) is 1. The van der Waals surface area contributed by atoms with E-state index in [9.17, 15) is 4.79 Å². The maximum absolute atomic E-state index is 12.8. The van der Waals surface area contributed by atoms with Gasteiger partial charge in [0.15, 0.2) is 5.82 Å². The highest BCUT2D eigenvalue weighted by Crippen LogP contribution is 2.21. The molecule has 0 aliphatic rings. The molecule has 0 bridgehead atoms. The average Bonchev–Trinajstić information content (AvgIpc) is 3.29. The Morgan fingerprint density at radius 3 is 2.66 bits per heavy atom. The predicted octanol–water partition coefficient (Wildman–Crippen LogP) is 3.55. The molecule has 2 heterocycles. The zero-order valence-corrected chi connectivity index (χ0v) is 17.1. The topological polar surface area (TPSA) is 65.7 Å². The van der Waals surface area contributed by atoms with Crippen molar-refractivity contribution in [3.63, 3.8) is 0 Å². The summed E-state index contributed by atoms with van der Waals surface area (Å²) in [7, 11) is 1.61. The Morgan fingerprint density at radius 2 is 1.93 bits per heavy atom. The first kappa shape index (κ1) is 19.1. The summed E-state index contributed by atoms with van der Waals surface area (Å²) >= 11 is 1.31. The van der Waals surface area contributed by atoms with Crippen molar-refractivity contribution < 1.29 is 9.47 Å². The molecule has 0 radical (unpaired) electrons. The second-order valence-electron chi connectivity index (χ2n) is 6.51. The highest BCUT2D eigenvalue weighted by atomic mass is 32.1. The number of para-hydroxylation sites is 1. The highest BCUT2D eigenvalue weighted by Gasteiger charge is 2.12. The number of aromatic nitrogens is 3. The van der Waals surface area contributed by atoms with Gasteiger partial charge in [0.2, 0.25) is 4.96 Å². The molecule has 0 saturated heterocycles. The number of methoxy groups -OCH3 is 1. The Kier molecular flexibility index (Phi) is 5.57. The lowest BCUT2D eigenvalue weighted by Gasteiger charge is -2.05. The number of ether oxygens (including phenoxy) is 2. The Labute approximate surface area is 172 Å². The van der Waals surface area contributed by atoms with Crippen molar-refractivity contribution in [1.29, 1.82) is 0 Å². The van der Waals surface area contributed by atoms with E-state index < -0.39 is 0 Å². The molecule has 29 heavy (non-hydrogen) atoms. The molecule has 4 aromatic rings. The molecule has 0 spiro atoms. The van der Waals surface area contributed by atoms with Crippen molar-refractivity contribution in [2.45, 2.75) is 19.8 Å². The Bertz CT molecular complexity index is 1230. The first-order chi connectivity index (χ1) is 14.2. The Balaban J connectivity index is 1.63. The minimum absolute atomic E-state index is 0.186. The number of hydrogen-bond acceptors (Lipinski definition) is 6. The van der Waals surface area contributed by atoms with Gasteiger partial charge in [-0.25, -0.2) is 0 Å². The second kappa shape index (κ2) is 8.45. The molecule has 0 fully saturated rings. The summed E-state index contributed by atoms with van der Waals surface area (Å²) in [5, 5.41) is 4.40. The zero-order valence-electron chi connectivity index (χ0n) is 16.3. The van der Waals surface area contributed by atoms with E-state index in [1.165, 1.54) is 15.9 Å². The summed E-state index contributed by atoms with van der Waals surface area (Å²) in [5.74, 6) is 2.06. The number of thiazole rings is 1. The quantitative estimate of drug-likeness (QED) is 0.438. The first-order valence-corrected chi connectivity index (χ1v) is 10.3. The van der Waals surface area contributed by atoms with Gasteiger partial charge in [-0.2, -0.15) is 9.50 Å². The van der Waals surface area contributed by atoms with Crippen LogP contribution in [0.3, 0.4) is 0 Å². The summed E-state index contributed by atoms with van der Waals surface area (Å²) in [6.07, 6.45) is 3.94. The third-order valence-electron chi connectivity index (χ3n) is 4.49. The number of nitrogens with zero attached hydrogens (tertiary/aromatic N) is 3. The fourth-order valence-electron chi connectivity index (χ4n) is 2.92. The molecular formula is C22H21N3O3S. The van der Waals surface area contributed by atoms with Gasteiger partial charge >= 0.3 is 0 Å². The van der Waals surface area contributed by atoms with Crippen LogP contribution in [0.4, 0.5) is 0 Å². The van der Waals surface area contributed by atoms with Crippen molar-refractivity contribution in [3.05, 3.63) is 69.0 Å². The number of hydrogen-bond donors (Lipinski definition) is 0. The summed E-state index contributed by atoms with van der Waals surface area (Å²) in [6, 6.07) is 15.2. The van der Waals surface area contributed by atoms with Crippen molar-refractivity contribution in [3.8, 4) is 22.9 Å². The normalized spacial score (nSPS) is 11.9. The molecule has 0 atom stereocenters. The van der Waals surface area contributed by atoms with Gasteiger partial charge in [0.05, 0.1) is 18.2 Å². The third kappa shape index (κ3) is 4.00. The molecule has 0 amide bonds. The molecule has 0 saturated carbocycles. The van der Waals surface area contributed by atoms with Crippen molar-refractivity contribution >= 4 is 22.4 Å². The van der Waals surface area contributed by atoms with Crippen LogP contribution in [0.15, 0.2) is 53.3 Å². The molecule has 2 aromatic carbocycles. The average molecular weight is 407 g/mol.